The molecule has 7 heteroatoms. The van der Waals surface area contributed by atoms with Crippen molar-refractivity contribution in [2.75, 3.05) is 6.54 Å². The van der Waals surface area contributed by atoms with E-state index in [-0.39, 0.29) is 29.4 Å². The van der Waals surface area contributed by atoms with Gasteiger partial charge in [-0.2, -0.15) is 0 Å². The number of halogens is 1. The number of aromatic nitrogens is 1. The summed E-state index contributed by atoms with van der Waals surface area (Å²) >= 11 is 5.92. The van der Waals surface area contributed by atoms with Crippen LogP contribution in [0, 0.1) is 0 Å². The summed E-state index contributed by atoms with van der Waals surface area (Å²) in [4.78, 5) is 26.6. The van der Waals surface area contributed by atoms with E-state index < -0.39 is 12.1 Å². The van der Waals surface area contributed by atoms with E-state index in [1.54, 1.807) is 6.07 Å². The number of pyridine rings is 1. The quantitative estimate of drug-likeness (QED) is 0.717. The highest BCUT2D eigenvalue weighted by Gasteiger charge is 2.19. The number of carbonyl (C=O) groups excluding carboxylic acids is 1. The lowest BCUT2D eigenvalue weighted by Crippen LogP contribution is -2.30. The molecule has 1 atom stereocenters. The normalized spacial score (nSPS) is 12.8. The molecule has 0 saturated carbocycles. The molecule has 3 N–H and O–H groups in total. The third-order valence-corrected chi connectivity index (χ3v) is 3.01. The molecule has 1 amide bonds. The molecule has 1 aromatic rings. The van der Waals surface area contributed by atoms with Gasteiger partial charge in [0.25, 0.3) is 5.91 Å². The van der Waals surface area contributed by atoms with Crippen LogP contribution >= 0.6 is 11.6 Å². The van der Waals surface area contributed by atoms with Gasteiger partial charge in [0.2, 0.25) is 0 Å². The van der Waals surface area contributed by atoms with Gasteiger partial charge in [0.15, 0.2) is 6.10 Å². The van der Waals surface area contributed by atoms with Crippen molar-refractivity contribution in [1.82, 2.24) is 10.3 Å². The van der Waals surface area contributed by atoms with Crippen LogP contribution in [-0.2, 0) is 10.2 Å². The van der Waals surface area contributed by atoms with Gasteiger partial charge in [-0.3, -0.25) is 4.79 Å². The lowest BCUT2D eigenvalue weighted by Gasteiger charge is -2.18. The summed E-state index contributed by atoms with van der Waals surface area (Å²) < 4.78 is 0. The Balaban J connectivity index is 2.75. The molecule has 0 saturated heterocycles. The van der Waals surface area contributed by atoms with Gasteiger partial charge in [0, 0.05) is 29.6 Å². The molecule has 0 aliphatic rings. The van der Waals surface area contributed by atoms with Crippen LogP contribution in [0.15, 0.2) is 12.1 Å². The lowest BCUT2D eigenvalue weighted by molar-refractivity contribution is -0.146. The maximum atomic E-state index is 12.0. The van der Waals surface area contributed by atoms with E-state index in [0.717, 1.165) is 0 Å². The fourth-order valence-electron chi connectivity index (χ4n) is 1.56. The molecule has 0 bridgehead atoms. The minimum absolute atomic E-state index is 0.0527. The monoisotopic (exact) mass is 314 g/mol. The van der Waals surface area contributed by atoms with Crippen molar-refractivity contribution in [3.8, 4) is 0 Å². The van der Waals surface area contributed by atoms with E-state index in [1.807, 2.05) is 20.8 Å². The van der Waals surface area contributed by atoms with Crippen molar-refractivity contribution in [2.45, 2.75) is 38.7 Å². The van der Waals surface area contributed by atoms with Gasteiger partial charge in [0.05, 0.1) is 0 Å². The molecule has 0 fully saturated rings. The second kappa shape index (κ2) is 6.87. The largest absolute Gasteiger partial charge is 0.479 e. The van der Waals surface area contributed by atoms with Crippen LogP contribution in [0.1, 0.15) is 43.2 Å². The first-order valence-corrected chi connectivity index (χ1v) is 6.86. The minimum atomic E-state index is -1.49. The zero-order chi connectivity index (χ0) is 16.2. The smallest absolute Gasteiger partial charge is 0.332 e. The molecule has 6 nitrogen and oxygen atoms in total. The van der Waals surface area contributed by atoms with Gasteiger partial charge in [-0.1, -0.05) is 32.4 Å². The predicted molar refractivity (Wildman–Crippen MR) is 78.5 cm³/mol. The molecule has 1 aromatic heterocycles. The Labute approximate surface area is 128 Å². The number of carboxylic acids is 1. The Hall–Kier alpha value is -1.66. The predicted octanol–water partition coefficient (Wildman–Crippen LogP) is 1.60. The van der Waals surface area contributed by atoms with E-state index in [1.165, 1.54) is 6.07 Å². The zero-order valence-corrected chi connectivity index (χ0v) is 12.9. The highest BCUT2D eigenvalue weighted by atomic mass is 35.5. The average Bonchev–Trinajstić information content (AvgIpc) is 2.36. The maximum absolute atomic E-state index is 12.0. The third kappa shape index (κ3) is 5.32. The van der Waals surface area contributed by atoms with Crippen molar-refractivity contribution >= 4 is 23.5 Å². The number of amides is 1. The number of rotatable bonds is 5. The van der Waals surface area contributed by atoms with E-state index in [9.17, 15) is 9.59 Å². The zero-order valence-electron chi connectivity index (χ0n) is 12.2. The Kier molecular flexibility index (Phi) is 5.69. The molecule has 1 rings (SSSR count). The number of aliphatic hydroxyl groups excluding tert-OH is 1. The summed E-state index contributed by atoms with van der Waals surface area (Å²) in [5.41, 5.74) is 0.787. The van der Waals surface area contributed by atoms with Crippen LogP contribution in [0.25, 0.3) is 0 Å². The van der Waals surface area contributed by atoms with Crippen molar-refractivity contribution in [2.24, 2.45) is 0 Å². The molecule has 0 aliphatic carbocycles. The van der Waals surface area contributed by atoms with Gasteiger partial charge in [-0.05, 0) is 12.1 Å². The summed E-state index contributed by atoms with van der Waals surface area (Å²) in [6.45, 7) is 5.92. The number of aliphatic hydroxyl groups is 1. The molecule has 0 aliphatic heterocycles. The molecule has 21 heavy (non-hydrogen) atoms. The standard InChI is InChI=1S/C14H19ClN2O4/c1-14(2,3)10-6-8(7-11(15)17-10)12(19)16-5-4-9(18)13(20)21/h6-7,9,18H,4-5H2,1-3H3,(H,16,19)(H,20,21). The summed E-state index contributed by atoms with van der Waals surface area (Å²) in [5, 5.41) is 20.4. The van der Waals surface area contributed by atoms with Crippen molar-refractivity contribution in [3.05, 3.63) is 28.5 Å². The Bertz CT molecular complexity index is 540. The maximum Gasteiger partial charge on any atom is 0.332 e. The molecule has 0 spiro atoms. The van der Waals surface area contributed by atoms with E-state index in [2.05, 4.69) is 10.3 Å². The van der Waals surface area contributed by atoms with Crippen LogP contribution < -0.4 is 5.32 Å². The number of hydrogen-bond donors (Lipinski definition) is 3. The molecule has 116 valence electrons. The Morgan fingerprint density at radius 2 is 2.00 bits per heavy atom. The van der Waals surface area contributed by atoms with E-state index >= 15 is 0 Å². The van der Waals surface area contributed by atoms with Crippen molar-refractivity contribution < 1.29 is 19.8 Å². The van der Waals surface area contributed by atoms with Crippen LogP contribution in [0.4, 0.5) is 0 Å². The van der Waals surface area contributed by atoms with E-state index in [0.29, 0.717) is 11.3 Å². The van der Waals surface area contributed by atoms with Crippen LogP contribution in [0.3, 0.4) is 0 Å². The van der Waals surface area contributed by atoms with E-state index in [4.69, 9.17) is 21.8 Å². The third-order valence-electron chi connectivity index (χ3n) is 2.81. The first-order valence-electron chi connectivity index (χ1n) is 6.48. The first kappa shape index (κ1) is 17.4. The SMILES string of the molecule is CC(C)(C)c1cc(C(=O)NCCC(O)C(=O)O)cc(Cl)n1. The van der Waals surface area contributed by atoms with Crippen LogP contribution in [0.2, 0.25) is 5.15 Å². The lowest BCUT2D eigenvalue weighted by atomic mass is 9.91. The number of carbonyl (C=O) groups is 2. The molecular formula is C14H19ClN2O4. The fraction of sp³-hybridized carbons (Fsp3) is 0.500. The number of carboxylic acid groups (broad SMARTS) is 1. The molecule has 1 unspecified atom stereocenters. The molecule has 1 heterocycles. The highest BCUT2D eigenvalue weighted by Crippen LogP contribution is 2.23. The molecule has 0 radical (unpaired) electrons. The van der Waals surface area contributed by atoms with Crippen molar-refractivity contribution in [3.63, 3.8) is 0 Å². The second-order valence-electron chi connectivity index (χ2n) is 5.71. The second-order valence-corrected chi connectivity index (χ2v) is 6.10. The van der Waals surface area contributed by atoms with Crippen LogP contribution in [0.5, 0.6) is 0 Å². The molecular weight excluding hydrogens is 296 g/mol. The number of hydrogen-bond acceptors (Lipinski definition) is 4. The minimum Gasteiger partial charge on any atom is -0.479 e. The average molecular weight is 315 g/mol. The van der Waals surface area contributed by atoms with Gasteiger partial charge in [-0.15, -0.1) is 0 Å². The number of nitrogens with one attached hydrogen (secondary N) is 1. The summed E-state index contributed by atoms with van der Waals surface area (Å²) in [6, 6.07) is 3.09. The Morgan fingerprint density at radius 3 is 2.52 bits per heavy atom. The van der Waals surface area contributed by atoms with Crippen LogP contribution in [-0.4, -0.2) is 39.7 Å². The fourth-order valence-corrected chi connectivity index (χ4v) is 1.77. The van der Waals surface area contributed by atoms with Gasteiger partial charge < -0.3 is 15.5 Å². The summed E-state index contributed by atoms with van der Waals surface area (Å²) in [5.74, 6) is -1.70. The highest BCUT2D eigenvalue weighted by molar-refractivity contribution is 6.29. The number of nitrogens with zero attached hydrogens (tertiary/aromatic N) is 1. The Morgan fingerprint density at radius 1 is 1.38 bits per heavy atom. The summed E-state index contributed by atoms with van der Waals surface area (Å²) in [6.07, 6.45) is -1.55. The number of aliphatic carboxylic acids is 1. The van der Waals surface area contributed by atoms with Gasteiger partial charge in [-0.25, -0.2) is 9.78 Å². The van der Waals surface area contributed by atoms with Crippen molar-refractivity contribution in [1.29, 1.82) is 0 Å². The van der Waals surface area contributed by atoms with Gasteiger partial charge in [0.1, 0.15) is 5.15 Å². The van der Waals surface area contributed by atoms with Gasteiger partial charge >= 0.3 is 5.97 Å². The molecule has 0 aromatic carbocycles. The topological polar surface area (TPSA) is 99.5 Å². The summed E-state index contributed by atoms with van der Waals surface area (Å²) in [7, 11) is 0. The first-order chi connectivity index (χ1) is 9.61.